The van der Waals surface area contributed by atoms with E-state index < -0.39 is 12.0 Å². The molecule has 0 saturated carbocycles. The summed E-state index contributed by atoms with van der Waals surface area (Å²) in [5.74, 6) is -0.796. The second-order valence-electron chi connectivity index (χ2n) is 4.34. The Morgan fingerprint density at radius 2 is 2.22 bits per heavy atom. The number of piperazine rings is 1. The highest BCUT2D eigenvalue weighted by Gasteiger charge is 2.27. The third-order valence-electron chi connectivity index (χ3n) is 3.11. The average molecular weight is 245 g/mol. The number of carbonyl (C=O) groups is 1. The molecule has 18 heavy (non-hydrogen) atoms. The molecule has 0 spiro atoms. The standard InChI is InChI=1S/C13H15N3O2/c14-7-10-1-3-11(4-2-10)9-16-6-5-15-8-12(16)13(17)18/h1-4,12,15H,5-6,8-9H2,(H,17,18)/t12-/m0/s1. The highest BCUT2D eigenvalue weighted by molar-refractivity contribution is 5.74. The number of carboxylic acid groups (broad SMARTS) is 1. The van der Waals surface area contributed by atoms with Gasteiger partial charge in [0.05, 0.1) is 11.6 Å². The van der Waals surface area contributed by atoms with Crippen molar-refractivity contribution >= 4 is 5.97 Å². The third-order valence-corrected chi connectivity index (χ3v) is 3.11. The summed E-state index contributed by atoms with van der Waals surface area (Å²) < 4.78 is 0. The second-order valence-corrected chi connectivity index (χ2v) is 4.34. The molecule has 5 heteroatoms. The number of nitrogens with zero attached hydrogens (tertiary/aromatic N) is 2. The largest absolute Gasteiger partial charge is 0.480 e. The van der Waals surface area contributed by atoms with Crippen molar-refractivity contribution in [1.82, 2.24) is 10.2 Å². The lowest BCUT2D eigenvalue weighted by Gasteiger charge is -2.33. The van der Waals surface area contributed by atoms with Crippen LogP contribution in [0.2, 0.25) is 0 Å². The Hall–Kier alpha value is -1.90. The zero-order valence-corrected chi connectivity index (χ0v) is 9.97. The molecule has 1 aliphatic rings. The van der Waals surface area contributed by atoms with E-state index in [0.29, 0.717) is 18.7 Å². The zero-order chi connectivity index (χ0) is 13.0. The van der Waals surface area contributed by atoms with Gasteiger partial charge in [0.1, 0.15) is 6.04 Å². The van der Waals surface area contributed by atoms with Crippen molar-refractivity contribution in [2.45, 2.75) is 12.6 Å². The van der Waals surface area contributed by atoms with Crippen molar-refractivity contribution in [2.75, 3.05) is 19.6 Å². The highest BCUT2D eigenvalue weighted by atomic mass is 16.4. The Morgan fingerprint density at radius 3 is 2.83 bits per heavy atom. The quantitative estimate of drug-likeness (QED) is 0.807. The maximum Gasteiger partial charge on any atom is 0.322 e. The van der Waals surface area contributed by atoms with E-state index in [1.807, 2.05) is 17.0 Å². The number of nitriles is 1. The minimum atomic E-state index is -0.796. The predicted octanol–water partition coefficient (Wildman–Crippen LogP) is 0.417. The van der Waals surface area contributed by atoms with E-state index in [9.17, 15) is 4.79 Å². The minimum absolute atomic E-state index is 0.477. The van der Waals surface area contributed by atoms with Crippen LogP contribution in [0.15, 0.2) is 24.3 Å². The van der Waals surface area contributed by atoms with Crippen molar-refractivity contribution in [1.29, 1.82) is 5.26 Å². The molecule has 0 amide bonds. The second kappa shape index (κ2) is 5.63. The van der Waals surface area contributed by atoms with Gasteiger partial charge in [-0.3, -0.25) is 9.69 Å². The van der Waals surface area contributed by atoms with E-state index in [2.05, 4.69) is 11.4 Å². The number of nitrogens with one attached hydrogen (secondary N) is 1. The van der Waals surface area contributed by atoms with Gasteiger partial charge in [-0.05, 0) is 17.7 Å². The molecule has 1 aliphatic heterocycles. The van der Waals surface area contributed by atoms with Gasteiger partial charge in [0, 0.05) is 26.2 Å². The van der Waals surface area contributed by atoms with Crippen molar-refractivity contribution < 1.29 is 9.90 Å². The maximum atomic E-state index is 11.1. The van der Waals surface area contributed by atoms with Gasteiger partial charge in [0.25, 0.3) is 0 Å². The Labute approximate surface area is 106 Å². The predicted molar refractivity (Wildman–Crippen MR) is 65.9 cm³/mol. The molecular formula is C13H15N3O2. The van der Waals surface area contributed by atoms with E-state index in [1.165, 1.54) is 0 Å². The summed E-state index contributed by atoms with van der Waals surface area (Å²) in [7, 11) is 0. The van der Waals surface area contributed by atoms with E-state index in [4.69, 9.17) is 10.4 Å². The molecule has 0 radical (unpaired) electrons. The van der Waals surface area contributed by atoms with Crippen LogP contribution in [-0.2, 0) is 11.3 Å². The van der Waals surface area contributed by atoms with E-state index in [0.717, 1.165) is 18.7 Å². The lowest BCUT2D eigenvalue weighted by atomic mass is 10.1. The van der Waals surface area contributed by atoms with Gasteiger partial charge in [0.2, 0.25) is 0 Å². The van der Waals surface area contributed by atoms with Crippen LogP contribution >= 0.6 is 0 Å². The lowest BCUT2D eigenvalue weighted by molar-refractivity contribution is -0.144. The molecular weight excluding hydrogens is 230 g/mol. The van der Waals surface area contributed by atoms with Crippen molar-refractivity contribution in [3.05, 3.63) is 35.4 Å². The average Bonchev–Trinajstić information content (AvgIpc) is 2.40. The molecule has 1 aromatic rings. The van der Waals surface area contributed by atoms with Crippen molar-refractivity contribution in [3.8, 4) is 6.07 Å². The Morgan fingerprint density at radius 1 is 1.50 bits per heavy atom. The van der Waals surface area contributed by atoms with Crippen LogP contribution in [0.5, 0.6) is 0 Å². The van der Waals surface area contributed by atoms with Gasteiger partial charge in [-0.1, -0.05) is 12.1 Å². The van der Waals surface area contributed by atoms with Crippen LogP contribution in [0.1, 0.15) is 11.1 Å². The van der Waals surface area contributed by atoms with Crippen LogP contribution in [0, 0.1) is 11.3 Å². The van der Waals surface area contributed by atoms with Crippen LogP contribution in [-0.4, -0.2) is 41.7 Å². The van der Waals surface area contributed by atoms with Crippen LogP contribution in [0.25, 0.3) is 0 Å². The maximum absolute atomic E-state index is 11.1. The number of hydrogen-bond donors (Lipinski definition) is 2. The summed E-state index contributed by atoms with van der Waals surface area (Å²) in [5.41, 5.74) is 1.65. The summed E-state index contributed by atoms with van der Waals surface area (Å²) >= 11 is 0. The molecule has 5 nitrogen and oxygen atoms in total. The van der Waals surface area contributed by atoms with Crippen LogP contribution in [0.3, 0.4) is 0 Å². The summed E-state index contributed by atoms with van der Waals surface area (Å²) in [6, 6.07) is 8.85. The number of aliphatic carboxylic acids is 1. The summed E-state index contributed by atoms with van der Waals surface area (Å²) in [6.45, 7) is 2.60. The molecule has 0 aliphatic carbocycles. The molecule has 1 heterocycles. The first-order chi connectivity index (χ1) is 8.70. The van der Waals surface area contributed by atoms with Gasteiger partial charge in [-0.25, -0.2) is 0 Å². The highest BCUT2D eigenvalue weighted by Crippen LogP contribution is 2.11. The fourth-order valence-corrected chi connectivity index (χ4v) is 2.10. The molecule has 2 rings (SSSR count). The smallest absolute Gasteiger partial charge is 0.322 e. The third kappa shape index (κ3) is 2.86. The zero-order valence-electron chi connectivity index (χ0n) is 9.97. The molecule has 94 valence electrons. The molecule has 0 unspecified atom stereocenters. The lowest BCUT2D eigenvalue weighted by Crippen LogP contribution is -2.54. The summed E-state index contributed by atoms with van der Waals surface area (Å²) in [5, 5.41) is 20.9. The van der Waals surface area contributed by atoms with Gasteiger partial charge in [-0.2, -0.15) is 5.26 Å². The van der Waals surface area contributed by atoms with Crippen LogP contribution in [0.4, 0.5) is 0 Å². The molecule has 2 N–H and O–H groups in total. The normalized spacial score (nSPS) is 20.3. The SMILES string of the molecule is N#Cc1ccc(CN2CCNC[C@H]2C(=O)O)cc1. The number of hydrogen-bond acceptors (Lipinski definition) is 4. The first-order valence-electron chi connectivity index (χ1n) is 5.87. The summed E-state index contributed by atoms with van der Waals surface area (Å²) in [6.07, 6.45) is 0. The number of carboxylic acids is 1. The van der Waals surface area contributed by atoms with E-state index in [-0.39, 0.29) is 0 Å². The number of rotatable bonds is 3. The van der Waals surface area contributed by atoms with Crippen molar-refractivity contribution in [3.63, 3.8) is 0 Å². The number of benzene rings is 1. The summed E-state index contributed by atoms with van der Waals surface area (Å²) in [4.78, 5) is 13.1. The van der Waals surface area contributed by atoms with E-state index in [1.54, 1.807) is 12.1 Å². The van der Waals surface area contributed by atoms with Gasteiger partial charge in [-0.15, -0.1) is 0 Å². The monoisotopic (exact) mass is 245 g/mol. The first kappa shape index (κ1) is 12.6. The molecule has 1 aromatic carbocycles. The van der Waals surface area contributed by atoms with Crippen LogP contribution < -0.4 is 5.32 Å². The molecule has 1 saturated heterocycles. The molecule has 0 aromatic heterocycles. The molecule has 1 atom stereocenters. The molecule has 0 bridgehead atoms. The Kier molecular flexibility index (Phi) is 3.92. The van der Waals surface area contributed by atoms with Gasteiger partial charge >= 0.3 is 5.97 Å². The Balaban J connectivity index is 2.06. The Bertz CT molecular complexity index is 464. The first-order valence-corrected chi connectivity index (χ1v) is 5.87. The van der Waals surface area contributed by atoms with Gasteiger partial charge < -0.3 is 10.4 Å². The topological polar surface area (TPSA) is 76.4 Å². The van der Waals surface area contributed by atoms with E-state index >= 15 is 0 Å². The fraction of sp³-hybridized carbons (Fsp3) is 0.385. The van der Waals surface area contributed by atoms with Crippen molar-refractivity contribution in [2.24, 2.45) is 0 Å². The minimum Gasteiger partial charge on any atom is -0.480 e. The molecule has 1 fully saturated rings. The fourth-order valence-electron chi connectivity index (χ4n) is 2.10. The van der Waals surface area contributed by atoms with Gasteiger partial charge in [0.15, 0.2) is 0 Å².